The summed E-state index contributed by atoms with van der Waals surface area (Å²) in [5, 5.41) is 3.72. The lowest BCUT2D eigenvalue weighted by molar-refractivity contribution is 0.243. The topological polar surface area (TPSA) is 28.2 Å². The van der Waals surface area contributed by atoms with E-state index in [4.69, 9.17) is 0 Å². The average molecular weight is 275 g/mol. The molecule has 0 aliphatic heterocycles. The van der Waals surface area contributed by atoms with Crippen molar-refractivity contribution in [2.24, 2.45) is 5.92 Å². The number of aromatic nitrogens is 1. The summed E-state index contributed by atoms with van der Waals surface area (Å²) in [5.41, 5.74) is 2.29. The molecule has 2 atom stereocenters. The van der Waals surface area contributed by atoms with E-state index in [1.54, 1.807) is 0 Å². The van der Waals surface area contributed by atoms with Gasteiger partial charge in [-0.05, 0) is 57.8 Å². The minimum atomic E-state index is 0.725. The highest BCUT2D eigenvalue weighted by atomic mass is 15.1. The first-order valence-electron chi connectivity index (χ1n) is 8.03. The Bertz CT molecular complexity index is 405. The molecule has 0 radical (unpaired) electrons. The molecule has 1 N–H and O–H groups in total. The summed E-state index contributed by atoms with van der Waals surface area (Å²) in [5.74, 6) is 0.802. The molecule has 20 heavy (non-hydrogen) atoms. The van der Waals surface area contributed by atoms with Crippen LogP contribution in [0.3, 0.4) is 0 Å². The van der Waals surface area contributed by atoms with Crippen molar-refractivity contribution in [3.05, 3.63) is 29.6 Å². The quantitative estimate of drug-likeness (QED) is 0.829. The molecule has 1 aliphatic rings. The minimum Gasteiger partial charge on any atom is -0.314 e. The third kappa shape index (κ3) is 4.57. The molecule has 2 unspecified atom stereocenters. The Morgan fingerprint density at radius 3 is 2.95 bits per heavy atom. The lowest BCUT2D eigenvalue weighted by atomic mass is 10.0. The molecular weight excluding hydrogens is 246 g/mol. The Balaban J connectivity index is 1.82. The standard InChI is InChI=1S/C17H29N3/c1-4-11-18-17-10-6-8-15(17)12-20(3)13-16-9-5-7-14(2)19-16/h5,7,9,15,17-18H,4,6,8,10-13H2,1-3H3. The van der Waals surface area contributed by atoms with E-state index in [0.717, 1.165) is 30.7 Å². The highest BCUT2D eigenvalue weighted by molar-refractivity contribution is 5.09. The van der Waals surface area contributed by atoms with Crippen LogP contribution in [0, 0.1) is 12.8 Å². The number of hydrogen-bond acceptors (Lipinski definition) is 3. The molecule has 0 saturated heterocycles. The molecule has 1 aromatic heterocycles. The summed E-state index contributed by atoms with van der Waals surface area (Å²) in [6, 6.07) is 7.02. The van der Waals surface area contributed by atoms with Crippen LogP contribution >= 0.6 is 0 Å². The first-order chi connectivity index (χ1) is 9.69. The number of nitrogens with zero attached hydrogens (tertiary/aromatic N) is 2. The van der Waals surface area contributed by atoms with Gasteiger partial charge in [-0.3, -0.25) is 4.98 Å². The van der Waals surface area contributed by atoms with Crippen molar-refractivity contribution in [2.45, 2.75) is 52.1 Å². The predicted octanol–water partition coefficient (Wildman–Crippen LogP) is 2.99. The Hall–Kier alpha value is -0.930. The Labute approximate surface area is 123 Å². The summed E-state index contributed by atoms with van der Waals surface area (Å²) in [7, 11) is 2.22. The number of pyridine rings is 1. The zero-order valence-corrected chi connectivity index (χ0v) is 13.2. The van der Waals surface area contributed by atoms with Gasteiger partial charge in [0.25, 0.3) is 0 Å². The van der Waals surface area contributed by atoms with Crippen molar-refractivity contribution in [1.82, 2.24) is 15.2 Å². The summed E-state index contributed by atoms with van der Waals surface area (Å²) in [6.07, 6.45) is 5.32. The van der Waals surface area contributed by atoms with Crippen LogP contribution in [-0.2, 0) is 6.54 Å². The average Bonchev–Trinajstić information content (AvgIpc) is 2.83. The molecule has 3 heteroatoms. The molecular formula is C17H29N3. The second kappa shape index (κ2) is 7.75. The lowest BCUT2D eigenvalue weighted by Gasteiger charge is -2.26. The molecule has 1 saturated carbocycles. The summed E-state index contributed by atoms with van der Waals surface area (Å²) in [6.45, 7) is 7.59. The van der Waals surface area contributed by atoms with Crippen LogP contribution in [-0.4, -0.2) is 36.1 Å². The Kier molecular flexibility index (Phi) is 5.99. The van der Waals surface area contributed by atoms with E-state index in [1.165, 1.54) is 37.9 Å². The SMILES string of the molecule is CCCNC1CCCC1CN(C)Cc1cccc(C)n1. The number of aryl methyl sites for hydroxylation is 1. The van der Waals surface area contributed by atoms with Gasteiger partial charge in [0.2, 0.25) is 0 Å². The minimum absolute atomic E-state index is 0.725. The fourth-order valence-corrected chi connectivity index (χ4v) is 3.28. The maximum Gasteiger partial charge on any atom is 0.0547 e. The van der Waals surface area contributed by atoms with Crippen LogP contribution in [0.1, 0.15) is 44.0 Å². The van der Waals surface area contributed by atoms with Gasteiger partial charge in [-0.15, -0.1) is 0 Å². The second-order valence-electron chi connectivity index (χ2n) is 6.22. The van der Waals surface area contributed by atoms with Crippen LogP contribution in [0.5, 0.6) is 0 Å². The van der Waals surface area contributed by atoms with Crippen molar-refractivity contribution in [2.75, 3.05) is 20.1 Å². The summed E-state index contributed by atoms with van der Waals surface area (Å²) >= 11 is 0. The normalized spacial score (nSPS) is 22.6. The number of nitrogens with one attached hydrogen (secondary N) is 1. The molecule has 3 nitrogen and oxygen atoms in total. The van der Waals surface area contributed by atoms with E-state index in [-0.39, 0.29) is 0 Å². The van der Waals surface area contributed by atoms with Crippen LogP contribution in [0.2, 0.25) is 0 Å². The van der Waals surface area contributed by atoms with Gasteiger partial charge in [-0.1, -0.05) is 19.4 Å². The number of rotatable bonds is 7. The van der Waals surface area contributed by atoms with Gasteiger partial charge in [0.15, 0.2) is 0 Å². The van der Waals surface area contributed by atoms with Crippen LogP contribution in [0.25, 0.3) is 0 Å². The van der Waals surface area contributed by atoms with Crippen molar-refractivity contribution < 1.29 is 0 Å². The summed E-state index contributed by atoms with van der Waals surface area (Å²) in [4.78, 5) is 7.03. The Morgan fingerprint density at radius 2 is 2.20 bits per heavy atom. The monoisotopic (exact) mass is 275 g/mol. The molecule has 1 fully saturated rings. The zero-order valence-electron chi connectivity index (χ0n) is 13.2. The fraction of sp³-hybridized carbons (Fsp3) is 0.706. The third-order valence-electron chi connectivity index (χ3n) is 4.24. The third-order valence-corrected chi connectivity index (χ3v) is 4.24. The molecule has 0 amide bonds. The van der Waals surface area contributed by atoms with Crippen LogP contribution in [0.4, 0.5) is 0 Å². The molecule has 2 rings (SSSR count). The van der Waals surface area contributed by atoms with Gasteiger partial charge >= 0.3 is 0 Å². The van der Waals surface area contributed by atoms with Gasteiger partial charge in [0.1, 0.15) is 0 Å². The first-order valence-corrected chi connectivity index (χ1v) is 8.03. The molecule has 1 aliphatic carbocycles. The van der Waals surface area contributed by atoms with E-state index in [2.05, 4.69) is 54.3 Å². The smallest absolute Gasteiger partial charge is 0.0547 e. The predicted molar refractivity (Wildman–Crippen MR) is 84.7 cm³/mol. The first kappa shape index (κ1) is 15.5. The second-order valence-corrected chi connectivity index (χ2v) is 6.22. The zero-order chi connectivity index (χ0) is 14.4. The van der Waals surface area contributed by atoms with E-state index < -0.39 is 0 Å². The van der Waals surface area contributed by atoms with Crippen molar-refractivity contribution >= 4 is 0 Å². The highest BCUT2D eigenvalue weighted by Crippen LogP contribution is 2.26. The van der Waals surface area contributed by atoms with Crippen molar-refractivity contribution in [1.29, 1.82) is 0 Å². The maximum atomic E-state index is 4.60. The van der Waals surface area contributed by atoms with Gasteiger partial charge in [0.05, 0.1) is 5.69 Å². The van der Waals surface area contributed by atoms with E-state index in [1.807, 2.05) is 0 Å². The van der Waals surface area contributed by atoms with E-state index in [0.29, 0.717) is 0 Å². The van der Waals surface area contributed by atoms with Crippen LogP contribution < -0.4 is 5.32 Å². The molecule has 0 bridgehead atoms. The van der Waals surface area contributed by atoms with Gasteiger partial charge in [0, 0.05) is 24.8 Å². The van der Waals surface area contributed by atoms with Gasteiger partial charge < -0.3 is 10.2 Å². The van der Waals surface area contributed by atoms with Gasteiger partial charge in [-0.25, -0.2) is 0 Å². The summed E-state index contributed by atoms with van der Waals surface area (Å²) < 4.78 is 0. The van der Waals surface area contributed by atoms with E-state index >= 15 is 0 Å². The Morgan fingerprint density at radius 1 is 1.35 bits per heavy atom. The molecule has 0 aromatic carbocycles. The number of hydrogen-bond donors (Lipinski definition) is 1. The maximum absolute atomic E-state index is 4.60. The fourth-order valence-electron chi connectivity index (χ4n) is 3.28. The molecule has 0 spiro atoms. The van der Waals surface area contributed by atoms with E-state index in [9.17, 15) is 0 Å². The van der Waals surface area contributed by atoms with Crippen molar-refractivity contribution in [3.63, 3.8) is 0 Å². The van der Waals surface area contributed by atoms with Crippen molar-refractivity contribution in [3.8, 4) is 0 Å². The molecule has 1 heterocycles. The van der Waals surface area contributed by atoms with Gasteiger partial charge in [-0.2, -0.15) is 0 Å². The van der Waals surface area contributed by atoms with Crippen LogP contribution in [0.15, 0.2) is 18.2 Å². The largest absolute Gasteiger partial charge is 0.314 e. The molecule has 1 aromatic rings. The lowest BCUT2D eigenvalue weighted by Crippen LogP contribution is -2.38. The molecule has 112 valence electrons. The highest BCUT2D eigenvalue weighted by Gasteiger charge is 2.27.